The maximum atomic E-state index is 13.6. The Bertz CT molecular complexity index is 741. The molecule has 2 heterocycles. The second kappa shape index (κ2) is 4.33. The first-order chi connectivity index (χ1) is 8.66. The average molecular weight is 327 g/mol. The van der Waals surface area contributed by atoms with Crippen molar-refractivity contribution in [2.45, 2.75) is 0 Å². The highest BCUT2D eigenvalue weighted by Gasteiger charge is 2.13. The summed E-state index contributed by atoms with van der Waals surface area (Å²) in [6, 6.07) is 4.73. The first-order valence-electron chi connectivity index (χ1n) is 5.10. The third kappa shape index (κ3) is 1.79. The van der Waals surface area contributed by atoms with Crippen LogP contribution in [0.1, 0.15) is 0 Å². The van der Waals surface area contributed by atoms with Crippen LogP contribution in [-0.2, 0) is 0 Å². The van der Waals surface area contributed by atoms with Crippen molar-refractivity contribution < 1.29 is 4.39 Å². The summed E-state index contributed by atoms with van der Waals surface area (Å²) in [6.07, 6.45) is 3.18. The molecule has 0 aliphatic rings. The summed E-state index contributed by atoms with van der Waals surface area (Å²) in [4.78, 5) is 11.3. The number of H-pyrrole nitrogens is 1. The van der Waals surface area contributed by atoms with E-state index in [0.29, 0.717) is 31.9 Å². The zero-order valence-electron chi connectivity index (χ0n) is 8.92. The van der Waals surface area contributed by atoms with Crippen molar-refractivity contribution in [1.29, 1.82) is 0 Å². The molecule has 3 nitrogen and oxygen atoms in total. The van der Waals surface area contributed by atoms with Crippen LogP contribution in [0, 0.1) is 5.82 Å². The quantitative estimate of drug-likeness (QED) is 0.729. The minimum atomic E-state index is -0.342. The fourth-order valence-corrected chi connectivity index (χ4v) is 2.23. The number of imidazole rings is 1. The minimum absolute atomic E-state index is 0.342. The van der Waals surface area contributed by atoms with Crippen molar-refractivity contribution >= 4 is 38.6 Å². The van der Waals surface area contributed by atoms with Gasteiger partial charge < -0.3 is 4.98 Å². The number of para-hydroxylation sites is 1. The van der Waals surface area contributed by atoms with E-state index in [1.54, 1.807) is 24.5 Å². The predicted molar refractivity (Wildman–Crippen MR) is 72.0 cm³/mol. The predicted octanol–water partition coefficient (Wildman–Crippen LogP) is 4.18. The first kappa shape index (κ1) is 11.6. The number of aromatic amines is 1. The average Bonchev–Trinajstić information content (AvgIpc) is 2.78. The molecule has 2 aromatic heterocycles. The summed E-state index contributed by atoms with van der Waals surface area (Å²) < 4.78 is 14.2. The van der Waals surface area contributed by atoms with Crippen molar-refractivity contribution in [3.8, 4) is 11.4 Å². The third-order valence-corrected chi connectivity index (χ3v) is 3.80. The second-order valence-corrected chi connectivity index (χ2v) is 4.93. The van der Waals surface area contributed by atoms with Gasteiger partial charge in [0.15, 0.2) is 0 Å². The lowest BCUT2D eigenvalue weighted by atomic mass is 10.3. The van der Waals surface area contributed by atoms with Crippen molar-refractivity contribution in [1.82, 2.24) is 15.0 Å². The lowest BCUT2D eigenvalue weighted by Gasteiger charge is -2.00. The number of nitrogens with one attached hydrogen (secondary N) is 1. The van der Waals surface area contributed by atoms with Crippen molar-refractivity contribution in [3.05, 3.63) is 45.9 Å². The number of benzene rings is 1. The molecule has 0 unspecified atom stereocenters. The lowest BCUT2D eigenvalue weighted by Crippen LogP contribution is -1.85. The van der Waals surface area contributed by atoms with Crippen LogP contribution in [-0.4, -0.2) is 15.0 Å². The molecule has 0 atom stereocenters. The number of nitrogens with zero attached hydrogens (tertiary/aromatic N) is 2. The molecule has 1 aromatic carbocycles. The highest BCUT2D eigenvalue weighted by molar-refractivity contribution is 9.10. The van der Waals surface area contributed by atoms with E-state index in [4.69, 9.17) is 11.6 Å². The van der Waals surface area contributed by atoms with Crippen LogP contribution in [0.2, 0.25) is 5.02 Å². The molecule has 0 fully saturated rings. The molecule has 90 valence electrons. The highest BCUT2D eigenvalue weighted by Crippen LogP contribution is 2.32. The number of pyridine rings is 1. The molecule has 0 amide bonds. The Balaban J connectivity index is 2.26. The number of aromatic nitrogens is 3. The molecule has 18 heavy (non-hydrogen) atoms. The van der Waals surface area contributed by atoms with Crippen LogP contribution in [0.15, 0.2) is 35.1 Å². The van der Waals surface area contributed by atoms with Gasteiger partial charge in [-0.1, -0.05) is 17.7 Å². The molecule has 0 spiro atoms. The summed E-state index contributed by atoms with van der Waals surface area (Å²) >= 11 is 9.45. The molecule has 0 aliphatic heterocycles. The zero-order chi connectivity index (χ0) is 12.7. The highest BCUT2D eigenvalue weighted by atomic mass is 79.9. The van der Waals surface area contributed by atoms with Crippen LogP contribution < -0.4 is 0 Å². The van der Waals surface area contributed by atoms with Crippen LogP contribution in [0.25, 0.3) is 22.4 Å². The van der Waals surface area contributed by atoms with E-state index in [-0.39, 0.29) is 5.82 Å². The van der Waals surface area contributed by atoms with Gasteiger partial charge in [-0.3, -0.25) is 4.98 Å². The number of halogens is 3. The summed E-state index contributed by atoms with van der Waals surface area (Å²) in [7, 11) is 0. The van der Waals surface area contributed by atoms with Gasteiger partial charge in [0.2, 0.25) is 0 Å². The fraction of sp³-hybridized carbons (Fsp3) is 0. The van der Waals surface area contributed by atoms with E-state index in [2.05, 4.69) is 30.9 Å². The summed E-state index contributed by atoms with van der Waals surface area (Å²) in [5.74, 6) is 0.152. The SMILES string of the molecule is Fc1cccc2nc(-c3cncc(Br)c3Cl)[nH]c12. The first-order valence-corrected chi connectivity index (χ1v) is 6.27. The normalized spacial score (nSPS) is 11.1. The fourth-order valence-electron chi connectivity index (χ4n) is 1.71. The van der Waals surface area contributed by atoms with E-state index in [1.807, 2.05) is 0 Å². The zero-order valence-corrected chi connectivity index (χ0v) is 11.3. The summed E-state index contributed by atoms with van der Waals surface area (Å²) in [5, 5.41) is 0.490. The molecule has 1 N–H and O–H groups in total. The van der Waals surface area contributed by atoms with E-state index >= 15 is 0 Å². The van der Waals surface area contributed by atoms with Gasteiger partial charge in [0.05, 0.1) is 20.6 Å². The molecule has 0 bridgehead atoms. The molecule has 6 heteroatoms. The van der Waals surface area contributed by atoms with Crippen molar-refractivity contribution in [2.75, 3.05) is 0 Å². The maximum Gasteiger partial charge on any atom is 0.148 e. The van der Waals surface area contributed by atoms with Crippen LogP contribution >= 0.6 is 27.5 Å². The van der Waals surface area contributed by atoms with Gasteiger partial charge in [-0.25, -0.2) is 9.37 Å². The topological polar surface area (TPSA) is 41.6 Å². The number of fused-ring (bicyclic) bond motifs is 1. The Morgan fingerprint density at radius 3 is 2.89 bits per heavy atom. The standard InChI is InChI=1S/C12H6BrClFN3/c13-7-5-16-4-6(10(7)14)12-17-9-3-1-2-8(15)11(9)18-12/h1-5H,(H,17,18). The monoisotopic (exact) mass is 325 g/mol. The molecular formula is C12H6BrClFN3. The molecule has 0 saturated carbocycles. The number of hydrogen-bond donors (Lipinski definition) is 1. The lowest BCUT2D eigenvalue weighted by molar-refractivity contribution is 0.637. The van der Waals surface area contributed by atoms with Gasteiger partial charge in [0.1, 0.15) is 17.2 Å². The van der Waals surface area contributed by atoms with Crippen molar-refractivity contribution in [3.63, 3.8) is 0 Å². The van der Waals surface area contributed by atoms with E-state index < -0.39 is 0 Å². The largest absolute Gasteiger partial charge is 0.335 e. The van der Waals surface area contributed by atoms with Gasteiger partial charge in [0, 0.05) is 12.4 Å². The van der Waals surface area contributed by atoms with Crippen LogP contribution in [0.3, 0.4) is 0 Å². The third-order valence-electron chi connectivity index (χ3n) is 2.56. The van der Waals surface area contributed by atoms with E-state index in [9.17, 15) is 4.39 Å². The Hall–Kier alpha value is -1.46. The van der Waals surface area contributed by atoms with Crippen LogP contribution in [0.5, 0.6) is 0 Å². The summed E-state index contributed by atoms with van der Waals surface area (Å²) in [5.41, 5.74) is 1.55. The Labute approximate surface area is 115 Å². The molecule has 0 aliphatic carbocycles. The molecule has 0 saturated heterocycles. The molecule has 3 aromatic rings. The van der Waals surface area contributed by atoms with E-state index in [0.717, 1.165) is 0 Å². The maximum absolute atomic E-state index is 13.6. The van der Waals surface area contributed by atoms with Gasteiger partial charge >= 0.3 is 0 Å². The summed E-state index contributed by atoms with van der Waals surface area (Å²) in [6.45, 7) is 0. The van der Waals surface area contributed by atoms with Gasteiger partial charge in [-0.05, 0) is 28.1 Å². The van der Waals surface area contributed by atoms with E-state index in [1.165, 1.54) is 6.07 Å². The van der Waals surface area contributed by atoms with Crippen LogP contribution in [0.4, 0.5) is 4.39 Å². The van der Waals surface area contributed by atoms with Gasteiger partial charge in [0.25, 0.3) is 0 Å². The molecular weight excluding hydrogens is 321 g/mol. The Morgan fingerprint density at radius 1 is 1.28 bits per heavy atom. The number of rotatable bonds is 1. The Morgan fingerprint density at radius 2 is 2.11 bits per heavy atom. The van der Waals surface area contributed by atoms with Gasteiger partial charge in [-0.2, -0.15) is 0 Å². The second-order valence-electron chi connectivity index (χ2n) is 3.70. The number of hydrogen-bond acceptors (Lipinski definition) is 2. The van der Waals surface area contributed by atoms with Gasteiger partial charge in [-0.15, -0.1) is 0 Å². The Kier molecular flexibility index (Phi) is 2.80. The minimum Gasteiger partial charge on any atom is -0.335 e. The van der Waals surface area contributed by atoms with Crippen molar-refractivity contribution in [2.24, 2.45) is 0 Å². The molecule has 0 radical (unpaired) electrons. The molecule has 3 rings (SSSR count). The smallest absolute Gasteiger partial charge is 0.148 e.